The van der Waals surface area contributed by atoms with Crippen molar-refractivity contribution in [1.82, 2.24) is 9.88 Å². The van der Waals surface area contributed by atoms with Crippen molar-refractivity contribution in [3.8, 4) is 0 Å². The third kappa shape index (κ3) is 3.97. The van der Waals surface area contributed by atoms with Crippen LogP contribution in [-0.2, 0) is 9.59 Å². The third-order valence-electron chi connectivity index (χ3n) is 2.36. The van der Waals surface area contributed by atoms with E-state index in [0.29, 0.717) is 5.69 Å². The molecule has 0 aliphatic heterocycles. The third-order valence-corrected chi connectivity index (χ3v) is 2.36. The van der Waals surface area contributed by atoms with Crippen molar-refractivity contribution in [2.45, 2.75) is 26.3 Å². The van der Waals surface area contributed by atoms with Crippen LogP contribution in [0.4, 0.5) is 0 Å². The molecule has 0 aliphatic carbocycles. The van der Waals surface area contributed by atoms with E-state index >= 15 is 0 Å². The Bertz CT molecular complexity index is 461. The number of aromatic nitrogens is 1. The Kier molecular flexibility index (Phi) is 5.35. The number of amides is 1. The molecule has 1 heterocycles. The van der Waals surface area contributed by atoms with Crippen LogP contribution in [0.5, 0.6) is 0 Å². The van der Waals surface area contributed by atoms with Crippen LogP contribution < -0.4 is 0 Å². The average molecular weight is 263 g/mol. The van der Waals surface area contributed by atoms with Crippen LogP contribution in [0.15, 0.2) is 30.0 Å². The summed E-state index contributed by atoms with van der Waals surface area (Å²) in [7, 11) is 0. The van der Waals surface area contributed by atoms with Crippen LogP contribution in [0.2, 0.25) is 0 Å². The van der Waals surface area contributed by atoms with Gasteiger partial charge in [0.05, 0.1) is 11.3 Å². The van der Waals surface area contributed by atoms with E-state index in [4.69, 9.17) is 0 Å². The van der Waals surface area contributed by atoms with E-state index in [9.17, 15) is 19.8 Å². The molecule has 2 unspecified atom stereocenters. The minimum Gasteiger partial charge on any atom is -0.374 e. The van der Waals surface area contributed by atoms with Gasteiger partial charge in [0.15, 0.2) is 0 Å². The summed E-state index contributed by atoms with van der Waals surface area (Å²) < 4.78 is 0. The highest BCUT2D eigenvalue weighted by molar-refractivity contribution is 6.14. The van der Waals surface area contributed by atoms with Gasteiger partial charge in [-0.1, -0.05) is 6.07 Å². The number of hydrogen-bond acceptors (Lipinski definition) is 5. The van der Waals surface area contributed by atoms with Gasteiger partial charge in [-0.05, 0) is 32.1 Å². The zero-order chi connectivity index (χ0) is 14.4. The quantitative estimate of drug-likeness (QED) is 0.340. The summed E-state index contributed by atoms with van der Waals surface area (Å²) in [6.45, 7) is 2.63. The molecule has 2 atom stereocenters. The van der Waals surface area contributed by atoms with Gasteiger partial charge in [0.1, 0.15) is 12.5 Å². The minimum absolute atomic E-state index is 0.319. The molecule has 0 saturated carbocycles. The molecule has 0 aromatic carbocycles. The van der Waals surface area contributed by atoms with Gasteiger partial charge in [-0.15, -0.1) is 0 Å². The zero-order valence-corrected chi connectivity index (χ0v) is 10.6. The van der Waals surface area contributed by atoms with Crippen LogP contribution in [0.3, 0.4) is 0 Å². The molecule has 1 aromatic rings. The van der Waals surface area contributed by atoms with Crippen molar-refractivity contribution in [1.29, 1.82) is 0 Å². The summed E-state index contributed by atoms with van der Waals surface area (Å²) in [5.41, 5.74) is 0.0887. The molecule has 101 valence electrons. The molecule has 0 saturated heterocycles. The van der Waals surface area contributed by atoms with Crippen LogP contribution in [0.25, 0.3) is 6.08 Å². The Labute approximate surface area is 111 Å². The lowest BCUT2D eigenvalue weighted by molar-refractivity contribution is -0.151. The molecule has 1 rings (SSSR count). The largest absolute Gasteiger partial charge is 0.374 e. The van der Waals surface area contributed by atoms with Crippen molar-refractivity contribution >= 4 is 18.3 Å². The van der Waals surface area contributed by atoms with Gasteiger partial charge in [0.25, 0.3) is 5.91 Å². The van der Waals surface area contributed by atoms with Crippen molar-refractivity contribution < 1.29 is 19.8 Å². The maximum absolute atomic E-state index is 12.0. The molecule has 2 N–H and O–H groups in total. The van der Waals surface area contributed by atoms with Gasteiger partial charge in [-0.25, -0.2) is 0 Å². The minimum atomic E-state index is -1.23. The molecule has 0 aliphatic rings. The summed E-state index contributed by atoms with van der Waals surface area (Å²) in [5, 5.41) is 18.9. The Morgan fingerprint density at radius 2 is 2.00 bits per heavy atom. The SMILES string of the molecule is CC(O)N(C(=O)/C([C]=O)=C/c1ccccn1)C(C)O. The lowest BCUT2D eigenvalue weighted by Crippen LogP contribution is -2.45. The number of rotatable bonds is 5. The van der Waals surface area contributed by atoms with Crippen LogP contribution in [-0.4, -0.2) is 44.7 Å². The summed E-state index contributed by atoms with van der Waals surface area (Å²) >= 11 is 0. The molecule has 19 heavy (non-hydrogen) atoms. The fourth-order valence-corrected chi connectivity index (χ4v) is 1.53. The van der Waals surface area contributed by atoms with E-state index in [-0.39, 0.29) is 5.57 Å². The number of carbonyl (C=O) groups excluding carboxylic acids is 2. The molecular formula is C13H15N2O4. The second-order valence-electron chi connectivity index (χ2n) is 3.89. The molecule has 6 heteroatoms. The Hall–Kier alpha value is -2.05. The Balaban J connectivity index is 3.06. The maximum Gasteiger partial charge on any atom is 0.262 e. The normalized spacial score (nSPS) is 14.6. The van der Waals surface area contributed by atoms with Crippen LogP contribution >= 0.6 is 0 Å². The molecule has 1 radical (unpaired) electrons. The van der Waals surface area contributed by atoms with Crippen LogP contribution in [0.1, 0.15) is 19.5 Å². The van der Waals surface area contributed by atoms with Gasteiger partial charge in [0.2, 0.25) is 6.29 Å². The first kappa shape index (κ1) is 15.0. The fourth-order valence-electron chi connectivity index (χ4n) is 1.53. The van der Waals surface area contributed by atoms with E-state index in [1.807, 2.05) is 0 Å². The lowest BCUT2D eigenvalue weighted by atomic mass is 10.2. The van der Waals surface area contributed by atoms with Crippen molar-refractivity contribution in [2.75, 3.05) is 0 Å². The average Bonchev–Trinajstić information content (AvgIpc) is 2.36. The first-order valence-electron chi connectivity index (χ1n) is 5.67. The highest BCUT2D eigenvalue weighted by atomic mass is 16.3. The van der Waals surface area contributed by atoms with Crippen molar-refractivity contribution in [3.05, 3.63) is 35.7 Å². The van der Waals surface area contributed by atoms with Crippen molar-refractivity contribution in [2.24, 2.45) is 0 Å². The molecule has 6 nitrogen and oxygen atoms in total. The second kappa shape index (κ2) is 6.77. The van der Waals surface area contributed by atoms with Crippen molar-refractivity contribution in [3.63, 3.8) is 0 Å². The summed E-state index contributed by atoms with van der Waals surface area (Å²) in [5.74, 6) is -0.814. The molecular weight excluding hydrogens is 248 g/mol. The highest BCUT2D eigenvalue weighted by Gasteiger charge is 2.25. The Morgan fingerprint density at radius 3 is 2.42 bits per heavy atom. The highest BCUT2D eigenvalue weighted by Crippen LogP contribution is 2.10. The topological polar surface area (TPSA) is 90.7 Å². The number of aliphatic hydroxyl groups excluding tert-OH is 2. The van der Waals surface area contributed by atoms with Gasteiger partial charge < -0.3 is 10.2 Å². The number of pyridine rings is 1. The smallest absolute Gasteiger partial charge is 0.262 e. The number of aliphatic hydroxyl groups is 2. The number of carbonyl (C=O) groups is 1. The molecule has 1 amide bonds. The molecule has 0 spiro atoms. The maximum atomic E-state index is 12.0. The zero-order valence-electron chi connectivity index (χ0n) is 10.6. The molecule has 0 bridgehead atoms. The predicted octanol–water partition coefficient (Wildman–Crippen LogP) is 0.0799. The van der Waals surface area contributed by atoms with E-state index in [0.717, 1.165) is 4.90 Å². The van der Waals surface area contributed by atoms with E-state index in [2.05, 4.69) is 4.98 Å². The molecule has 1 aromatic heterocycles. The monoisotopic (exact) mass is 263 g/mol. The van der Waals surface area contributed by atoms with Crippen LogP contribution in [0, 0.1) is 0 Å². The summed E-state index contributed by atoms with van der Waals surface area (Å²) in [6, 6.07) is 5.01. The van der Waals surface area contributed by atoms with Gasteiger partial charge in [0, 0.05) is 6.20 Å². The van der Waals surface area contributed by atoms with Gasteiger partial charge in [-0.2, -0.15) is 0 Å². The van der Waals surface area contributed by atoms with E-state index in [1.54, 1.807) is 18.2 Å². The first-order chi connectivity index (χ1) is 8.97. The van der Waals surface area contributed by atoms with Gasteiger partial charge >= 0.3 is 0 Å². The number of hydrogen-bond donors (Lipinski definition) is 2. The lowest BCUT2D eigenvalue weighted by Gasteiger charge is -2.28. The molecule has 0 fully saturated rings. The van der Waals surface area contributed by atoms with E-state index in [1.165, 1.54) is 32.4 Å². The van der Waals surface area contributed by atoms with Gasteiger partial charge in [-0.3, -0.25) is 19.5 Å². The Morgan fingerprint density at radius 1 is 1.37 bits per heavy atom. The predicted molar refractivity (Wildman–Crippen MR) is 68.1 cm³/mol. The first-order valence-corrected chi connectivity index (χ1v) is 5.67. The fraction of sp³-hybridized carbons (Fsp3) is 0.308. The summed E-state index contributed by atoms with van der Waals surface area (Å²) in [4.78, 5) is 27.6. The summed E-state index contributed by atoms with van der Waals surface area (Å²) in [6.07, 6.45) is 1.80. The second-order valence-corrected chi connectivity index (χ2v) is 3.89. The standard InChI is InChI=1S/C13H15N2O4/c1-9(17)15(10(2)18)13(19)11(8-16)7-12-5-3-4-6-14-12/h3-7,9-10,17-18H,1-2H3/b11-7+. The number of nitrogens with zero attached hydrogens (tertiary/aromatic N) is 2. The van der Waals surface area contributed by atoms with E-state index < -0.39 is 18.4 Å².